The summed E-state index contributed by atoms with van der Waals surface area (Å²) in [5, 5.41) is 0. The Morgan fingerprint density at radius 3 is 2.81 bits per heavy atom. The fraction of sp³-hybridized carbons (Fsp3) is 0.280. The number of amides is 1. The quantitative estimate of drug-likeness (QED) is 0.576. The van der Waals surface area contributed by atoms with Crippen LogP contribution in [0.2, 0.25) is 0 Å². The molecule has 5 nitrogen and oxygen atoms in total. The van der Waals surface area contributed by atoms with Gasteiger partial charge in [0, 0.05) is 54.8 Å². The van der Waals surface area contributed by atoms with Gasteiger partial charge in [0.25, 0.3) is 5.91 Å². The molecule has 0 atom stereocenters. The molecule has 7 heteroatoms. The Bertz CT molecular complexity index is 1180. The van der Waals surface area contributed by atoms with E-state index in [1.165, 1.54) is 24.4 Å². The highest BCUT2D eigenvalue weighted by molar-refractivity contribution is 6.08. The third-order valence-electron chi connectivity index (χ3n) is 5.97. The highest BCUT2D eigenvalue weighted by atomic mass is 19.1. The lowest BCUT2D eigenvalue weighted by Crippen LogP contribution is -2.35. The van der Waals surface area contributed by atoms with Crippen molar-refractivity contribution in [2.45, 2.75) is 25.7 Å². The number of allylic oxidation sites excluding steroid dienone is 4. The summed E-state index contributed by atoms with van der Waals surface area (Å²) < 4.78 is 27.0. The van der Waals surface area contributed by atoms with Crippen molar-refractivity contribution in [3.63, 3.8) is 0 Å². The van der Waals surface area contributed by atoms with Gasteiger partial charge in [0.2, 0.25) is 5.95 Å². The molecule has 2 aromatic heterocycles. The van der Waals surface area contributed by atoms with Gasteiger partial charge in [-0.2, -0.15) is 4.39 Å². The van der Waals surface area contributed by atoms with Crippen LogP contribution in [-0.4, -0.2) is 39.6 Å². The van der Waals surface area contributed by atoms with Crippen molar-refractivity contribution >= 4 is 11.6 Å². The first kappa shape index (κ1) is 20.4. The van der Waals surface area contributed by atoms with Gasteiger partial charge >= 0.3 is 0 Å². The molecule has 162 valence electrons. The maximum Gasteiger partial charge on any atom is 0.273 e. The van der Waals surface area contributed by atoms with Crippen LogP contribution in [0, 0.1) is 11.9 Å². The third kappa shape index (κ3) is 4.28. The van der Waals surface area contributed by atoms with E-state index in [0.717, 1.165) is 29.7 Å². The van der Waals surface area contributed by atoms with Crippen LogP contribution in [0.1, 0.15) is 36.2 Å². The predicted molar refractivity (Wildman–Crippen MR) is 118 cm³/mol. The number of pyridine rings is 2. The van der Waals surface area contributed by atoms with E-state index in [4.69, 9.17) is 0 Å². The standard InChI is InChI=1S/C25H22F2N4O/c26-19-6-7-22-21(12-19)18(13-29-22)9-11-31(15-16-3-4-16)25(32)24-20(2-1-10-28-24)17-5-8-23(27)30-14-17/h1-2,5-6,8,10,12-14,16H,3-4,7,9,11,15H2. The van der Waals surface area contributed by atoms with E-state index in [1.807, 2.05) is 4.90 Å². The van der Waals surface area contributed by atoms with Crippen molar-refractivity contribution in [3.8, 4) is 11.1 Å². The van der Waals surface area contributed by atoms with Crippen molar-refractivity contribution in [2.75, 3.05) is 13.1 Å². The summed E-state index contributed by atoms with van der Waals surface area (Å²) in [5.41, 5.74) is 4.24. The van der Waals surface area contributed by atoms with Crippen molar-refractivity contribution in [1.82, 2.24) is 14.9 Å². The van der Waals surface area contributed by atoms with Crippen LogP contribution in [-0.2, 0) is 0 Å². The van der Waals surface area contributed by atoms with Crippen molar-refractivity contribution < 1.29 is 13.6 Å². The van der Waals surface area contributed by atoms with Crippen LogP contribution in [0.15, 0.2) is 77.0 Å². The van der Waals surface area contributed by atoms with Crippen LogP contribution >= 0.6 is 0 Å². The maximum absolute atomic E-state index is 13.8. The number of rotatable bonds is 7. The number of aromatic nitrogens is 2. The largest absolute Gasteiger partial charge is 0.337 e. The summed E-state index contributed by atoms with van der Waals surface area (Å²) >= 11 is 0. The number of aliphatic imine (C=N–C) groups is 1. The number of halogens is 2. The van der Waals surface area contributed by atoms with Crippen molar-refractivity contribution in [1.29, 1.82) is 0 Å². The Balaban J connectivity index is 1.37. The van der Waals surface area contributed by atoms with Gasteiger partial charge in [-0.05, 0) is 61.1 Å². The first-order valence-corrected chi connectivity index (χ1v) is 10.8. The number of nitrogens with zero attached hydrogens (tertiary/aromatic N) is 4. The summed E-state index contributed by atoms with van der Waals surface area (Å²) in [7, 11) is 0. The monoisotopic (exact) mass is 432 g/mol. The highest BCUT2D eigenvalue weighted by Crippen LogP contribution is 2.33. The maximum atomic E-state index is 13.8. The summed E-state index contributed by atoms with van der Waals surface area (Å²) in [6.45, 7) is 1.15. The molecule has 0 unspecified atom stereocenters. The van der Waals surface area contributed by atoms with Gasteiger partial charge in [0.15, 0.2) is 0 Å². The number of fused-ring (bicyclic) bond motifs is 1. The summed E-state index contributed by atoms with van der Waals surface area (Å²) in [6.07, 6.45) is 11.1. The van der Waals surface area contributed by atoms with E-state index in [-0.39, 0.29) is 11.7 Å². The summed E-state index contributed by atoms with van der Waals surface area (Å²) in [6, 6.07) is 6.42. The normalized spacial score (nSPS) is 17.2. The summed E-state index contributed by atoms with van der Waals surface area (Å²) in [4.78, 5) is 27.9. The van der Waals surface area contributed by atoms with Crippen LogP contribution in [0.5, 0.6) is 0 Å². The average molecular weight is 432 g/mol. The van der Waals surface area contributed by atoms with Crippen LogP contribution in [0.25, 0.3) is 11.1 Å². The van der Waals surface area contributed by atoms with Gasteiger partial charge in [-0.3, -0.25) is 14.8 Å². The number of hydrogen-bond donors (Lipinski definition) is 0. The van der Waals surface area contributed by atoms with Gasteiger partial charge in [-0.1, -0.05) is 6.07 Å². The zero-order chi connectivity index (χ0) is 22.1. The van der Waals surface area contributed by atoms with Crippen molar-refractivity contribution in [2.24, 2.45) is 10.9 Å². The van der Waals surface area contributed by atoms with Gasteiger partial charge in [-0.25, -0.2) is 9.37 Å². The SMILES string of the molecule is O=C(c1ncccc1-c1ccc(F)nc1)N(CCC1=CN=C2CC=C(F)C=C12)CC1CC1. The van der Waals surface area contributed by atoms with E-state index in [2.05, 4.69) is 15.0 Å². The third-order valence-corrected chi connectivity index (χ3v) is 5.97. The number of hydrogen-bond acceptors (Lipinski definition) is 4. The fourth-order valence-corrected chi connectivity index (χ4v) is 4.05. The molecule has 1 amide bonds. The Morgan fingerprint density at radius 1 is 1.16 bits per heavy atom. The van der Waals surface area contributed by atoms with E-state index >= 15 is 0 Å². The lowest BCUT2D eigenvalue weighted by molar-refractivity contribution is 0.0745. The molecule has 32 heavy (non-hydrogen) atoms. The zero-order valence-corrected chi connectivity index (χ0v) is 17.5. The molecular formula is C25H22F2N4O. The first-order chi connectivity index (χ1) is 15.6. The molecular weight excluding hydrogens is 410 g/mol. The number of carbonyl (C=O) groups excluding carboxylic acids is 1. The molecule has 0 saturated heterocycles. The minimum atomic E-state index is -0.574. The Morgan fingerprint density at radius 2 is 2.03 bits per heavy atom. The molecule has 3 aliphatic rings. The molecule has 0 radical (unpaired) electrons. The molecule has 2 aliphatic carbocycles. The molecule has 0 spiro atoms. The predicted octanol–water partition coefficient (Wildman–Crippen LogP) is 5.05. The second kappa shape index (κ2) is 8.57. The molecule has 0 aromatic carbocycles. The molecule has 3 heterocycles. The van der Waals surface area contributed by atoms with Crippen LogP contribution < -0.4 is 0 Å². The topological polar surface area (TPSA) is 58.5 Å². The Hall–Kier alpha value is -3.48. The smallest absolute Gasteiger partial charge is 0.273 e. The van der Waals surface area contributed by atoms with Gasteiger partial charge in [0.1, 0.15) is 11.5 Å². The minimum Gasteiger partial charge on any atom is -0.337 e. The van der Waals surface area contributed by atoms with Crippen molar-refractivity contribution in [3.05, 3.63) is 83.6 Å². The van der Waals surface area contributed by atoms with E-state index in [1.54, 1.807) is 30.6 Å². The molecule has 5 rings (SSSR count). The first-order valence-electron chi connectivity index (χ1n) is 10.8. The van der Waals surface area contributed by atoms with Crippen LogP contribution in [0.3, 0.4) is 0 Å². The minimum absolute atomic E-state index is 0.166. The lowest BCUT2D eigenvalue weighted by Gasteiger charge is -2.24. The molecule has 1 aliphatic heterocycles. The molecule has 0 bridgehead atoms. The fourth-order valence-electron chi connectivity index (χ4n) is 4.05. The average Bonchev–Trinajstić information content (AvgIpc) is 3.55. The lowest BCUT2D eigenvalue weighted by atomic mass is 9.95. The van der Waals surface area contributed by atoms with Gasteiger partial charge in [-0.15, -0.1) is 0 Å². The molecule has 0 N–H and O–H groups in total. The van der Waals surface area contributed by atoms with Crippen LogP contribution in [0.4, 0.5) is 8.78 Å². The second-order valence-electron chi connectivity index (χ2n) is 8.29. The molecule has 1 fully saturated rings. The highest BCUT2D eigenvalue weighted by Gasteiger charge is 2.30. The van der Waals surface area contributed by atoms with Gasteiger partial charge < -0.3 is 4.90 Å². The van der Waals surface area contributed by atoms with E-state index < -0.39 is 5.95 Å². The van der Waals surface area contributed by atoms with E-state index in [0.29, 0.717) is 48.7 Å². The second-order valence-corrected chi connectivity index (χ2v) is 8.29. The molecule has 2 aromatic rings. The summed E-state index contributed by atoms with van der Waals surface area (Å²) in [5.74, 6) is -0.489. The Kier molecular flexibility index (Phi) is 5.47. The number of carbonyl (C=O) groups is 1. The van der Waals surface area contributed by atoms with E-state index in [9.17, 15) is 13.6 Å². The Labute approximate surface area is 184 Å². The molecule has 1 saturated carbocycles. The van der Waals surface area contributed by atoms with Gasteiger partial charge in [0.05, 0.1) is 5.71 Å². The zero-order valence-electron chi connectivity index (χ0n) is 17.5.